The Hall–Kier alpha value is -2.98. The zero-order valence-corrected chi connectivity index (χ0v) is 17.3. The summed E-state index contributed by atoms with van der Waals surface area (Å²) in [4.78, 5) is 14.7. The highest BCUT2D eigenvalue weighted by molar-refractivity contribution is 8.14. The first kappa shape index (κ1) is 21.3. The number of thioether (sulfide) groups is 1. The van der Waals surface area contributed by atoms with Crippen molar-refractivity contribution in [3.63, 3.8) is 0 Å². The van der Waals surface area contributed by atoms with Crippen molar-refractivity contribution in [3.8, 4) is 5.75 Å². The van der Waals surface area contributed by atoms with Crippen LogP contribution >= 0.6 is 11.8 Å². The third-order valence-corrected chi connectivity index (χ3v) is 5.97. The quantitative estimate of drug-likeness (QED) is 0.568. The first-order valence-corrected chi connectivity index (χ1v) is 10.7. The van der Waals surface area contributed by atoms with Crippen LogP contribution in [0.1, 0.15) is 12.0 Å². The number of ether oxygens (including phenoxy) is 1. The molecule has 0 spiro atoms. The average Bonchev–Trinajstić information content (AvgIpc) is 3.39. The number of imidazole rings is 1. The molecule has 1 N–H and O–H groups in total. The summed E-state index contributed by atoms with van der Waals surface area (Å²) in [6, 6.07) is 9.73. The van der Waals surface area contributed by atoms with Crippen LogP contribution in [-0.4, -0.2) is 48.6 Å². The van der Waals surface area contributed by atoms with Gasteiger partial charge in [-0.3, -0.25) is 4.98 Å². The third-order valence-electron chi connectivity index (χ3n) is 4.85. The molecule has 0 aliphatic carbocycles. The molecular formula is C21H21F2N5O2S. The summed E-state index contributed by atoms with van der Waals surface area (Å²) < 4.78 is 31.3. The molecule has 1 unspecified atom stereocenters. The molecule has 10 heteroatoms. The molecule has 7 nitrogen and oxygen atoms in total. The second-order valence-corrected chi connectivity index (χ2v) is 7.86. The predicted octanol–water partition coefficient (Wildman–Crippen LogP) is 3.85. The third kappa shape index (κ3) is 5.02. The molecule has 1 saturated heterocycles. The van der Waals surface area contributed by atoms with Gasteiger partial charge in [0.15, 0.2) is 10.9 Å². The Kier molecular flexibility index (Phi) is 6.47. The molecule has 0 bridgehead atoms. The molecule has 1 aromatic carbocycles. The van der Waals surface area contributed by atoms with Gasteiger partial charge in [-0.2, -0.15) is 8.78 Å². The van der Waals surface area contributed by atoms with Crippen molar-refractivity contribution >= 4 is 22.6 Å². The van der Waals surface area contributed by atoms with Crippen LogP contribution in [0, 0.1) is 0 Å². The Morgan fingerprint density at radius 3 is 2.68 bits per heavy atom. The lowest BCUT2D eigenvalue weighted by molar-refractivity contribution is -0.0514. The van der Waals surface area contributed by atoms with Gasteiger partial charge in [0.05, 0.1) is 24.0 Å². The standard InChI is InChI=1S/C21H21F2N5O2S/c22-19(23)30-18-6-4-16(5-7-18)21(29)14-31-20(26-17-3-1-8-24-13-17)28(21)11-2-10-27-12-9-25-15-27/h1,3-9,12-13,15,19,29H,2,10-11,14H2. The summed E-state index contributed by atoms with van der Waals surface area (Å²) in [6.45, 7) is -1.62. The van der Waals surface area contributed by atoms with Gasteiger partial charge >= 0.3 is 6.61 Å². The van der Waals surface area contributed by atoms with Gasteiger partial charge in [0.2, 0.25) is 0 Å². The van der Waals surface area contributed by atoms with Crippen molar-refractivity contribution in [1.29, 1.82) is 0 Å². The summed E-state index contributed by atoms with van der Waals surface area (Å²) in [5.74, 6) is 0.399. The van der Waals surface area contributed by atoms with E-state index in [1.807, 2.05) is 21.7 Å². The van der Waals surface area contributed by atoms with E-state index < -0.39 is 12.3 Å². The van der Waals surface area contributed by atoms with Crippen molar-refractivity contribution in [1.82, 2.24) is 19.4 Å². The van der Waals surface area contributed by atoms with E-state index in [-0.39, 0.29) is 5.75 Å². The molecule has 0 saturated carbocycles. The van der Waals surface area contributed by atoms with Crippen LogP contribution in [-0.2, 0) is 12.3 Å². The smallest absolute Gasteiger partial charge is 0.387 e. The monoisotopic (exact) mass is 445 g/mol. The first-order chi connectivity index (χ1) is 15.0. The molecule has 31 heavy (non-hydrogen) atoms. The zero-order chi connectivity index (χ0) is 21.7. The van der Waals surface area contributed by atoms with Gasteiger partial charge in [-0.25, -0.2) is 9.98 Å². The Labute approximate surface area is 182 Å². The molecule has 1 fully saturated rings. The number of nitrogens with zero attached hydrogens (tertiary/aromatic N) is 5. The Morgan fingerprint density at radius 1 is 1.16 bits per heavy atom. The maximum atomic E-state index is 12.5. The Balaban J connectivity index is 1.58. The van der Waals surface area contributed by atoms with Crippen LogP contribution in [0.25, 0.3) is 0 Å². The van der Waals surface area contributed by atoms with Gasteiger partial charge in [-0.05, 0) is 30.7 Å². The highest BCUT2D eigenvalue weighted by Crippen LogP contribution is 2.40. The number of amidine groups is 1. The van der Waals surface area contributed by atoms with E-state index in [0.29, 0.717) is 28.7 Å². The van der Waals surface area contributed by atoms with E-state index in [1.165, 1.54) is 23.9 Å². The second kappa shape index (κ2) is 9.44. The van der Waals surface area contributed by atoms with Crippen LogP contribution < -0.4 is 4.74 Å². The normalized spacial score (nSPS) is 20.0. The molecule has 162 valence electrons. The minimum absolute atomic E-state index is 0.0453. The molecule has 2 aromatic heterocycles. The first-order valence-electron chi connectivity index (χ1n) is 9.67. The number of pyridine rings is 1. The maximum Gasteiger partial charge on any atom is 0.387 e. The second-order valence-electron chi connectivity index (χ2n) is 6.92. The van der Waals surface area contributed by atoms with Crippen molar-refractivity contribution in [2.75, 3.05) is 12.3 Å². The number of aryl methyl sites for hydroxylation is 1. The van der Waals surface area contributed by atoms with Crippen LogP contribution in [0.4, 0.5) is 14.5 Å². The van der Waals surface area contributed by atoms with Gasteiger partial charge in [0.25, 0.3) is 0 Å². The summed E-state index contributed by atoms with van der Waals surface area (Å²) in [7, 11) is 0. The van der Waals surface area contributed by atoms with E-state index in [2.05, 4.69) is 19.7 Å². The summed E-state index contributed by atoms with van der Waals surface area (Å²) in [5, 5.41) is 12.3. The number of rotatable bonds is 8. The molecule has 1 atom stereocenters. The molecule has 1 aliphatic rings. The van der Waals surface area contributed by atoms with E-state index in [9.17, 15) is 13.9 Å². The zero-order valence-electron chi connectivity index (χ0n) is 16.5. The number of halogens is 2. The molecule has 4 rings (SSSR count). The average molecular weight is 445 g/mol. The molecule has 1 aliphatic heterocycles. The predicted molar refractivity (Wildman–Crippen MR) is 114 cm³/mol. The molecular weight excluding hydrogens is 424 g/mol. The van der Waals surface area contributed by atoms with Gasteiger partial charge in [-0.15, -0.1) is 0 Å². The Morgan fingerprint density at radius 2 is 2.00 bits per heavy atom. The molecule has 3 aromatic rings. The number of benzene rings is 1. The number of aliphatic hydroxyl groups is 1. The number of hydrogen-bond acceptors (Lipinski definition) is 6. The van der Waals surface area contributed by atoms with Gasteiger partial charge < -0.3 is 19.3 Å². The Bertz CT molecular complexity index is 1000. The van der Waals surface area contributed by atoms with Crippen LogP contribution in [0.2, 0.25) is 0 Å². The lowest BCUT2D eigenvalue weighted by atomic mass is 10.0. The number of aliphatic imine (C=N–C) groups is 1. The fourth-order valence-corrected chi connectivity index (χ4v) is 4.58. The summed E-state index contributed by atoms with van der Waals surface area (Å²) in [5.41, 5.74) is -0.0560. The van der Waals surface area contributed by atoms with Crippen LogP contribution in [0.3, 0.4) is 0 Å². The van der Waals surface area contributed by atoms with Crippen molar-refractivity contribution in [2.24, 2.45) is 4.99 Å². The highest BCUT2D eigenvalue weighted by Gasteiger charge is 2.44. The topological polar surface area (TPSA) is 75.8 Å². The minimum atomic E-state index is -2.89. The fraction of sp³-hybridized carbons (Fsp3) is 0.286. The fourth-order valence-electron chi connectivity index (χ4n) is 3.36. The van der Waals surface area contributed by atoms with Crippen molar-refractivity contribution in [3.05, 3.63) is 73.1 Å². The van der Waals surface area contributed by atoms with E-state index in [0.717, 1.165) is 13.0 Å². The molecule has 0 amide bonds. The summed E-state index contributed by atoms with van der Waals surface area (Å²) >= 11 is 1.44. The van der Waals surface area contributed by atoms with E-state index in [4.69, 9.17) is 0 Å². The van der Waals surface area contributed by atoms with Gasteiger partial charge in [0, 0.05) is 37.2 Å². The number of aromatic nitrogens is 3. The van der Waals surface area contributed by atoms with Gasteiger partial charge in [0.1, 0.15) is 5.75 Å². The lowest BCUT2D eigenvalue weighted by Crippen LogP contribution is -2.45. The van der Waals surface area contributed by atoms with Crippen LogP contribution in [0.5, 0.6) is 5.75 Å². The number of hydrogen-bond donors (Lipinski definition) is 1. The van der Waals surface area contributed by atoms with E-state index >= 15 is 0 Å². The van der Waals surface area contributed by atoms with E-state index in [1.54, 1.807) is 43.1 Å². The van der Waals surface area contributed by atoms with Crippen molar-refractivity contribution < 1.29 is 18.6 Å². The maximum absolute atomic E-state index is 12.5. The minimum Gasteiger partial charge on any atom is -0.435 e. The largest absolute Gasteiger partial charge is 0.435 e. The molecule has 0 radical (unpaired) electrons. The van der Waals surface area contributed by atoms with Crippen molar-refractivity contribution in [2.45, 2.75) is 25.3 Å². The van der Waals surface area contributed by atoms with Gasteiger partial charge in [-0.1, -0.05) is 23.9 Å². The van der Waals surface area contributed by atoms with Crippen LogP contribution in [0.15, 0.2) is 72.5 Å². The molecule has 3 heterocycles. The summed E-state index contributed by atoms with van der Waals surface area (Å²) in [6.07, 6.45) is 9.44. The SMILES string of the molecule is OC1(c2ccc(OC(F)F)cc2)CSC(=Nc2cccnc2)N1CCCn1ccnc1. The lowest BCUT2D eigenvalue weighted by Gasteiger charge is -2.34. The number of alkyl halides is 2. The highest BCUT2D eigenvalue weighted by atomic mass is 32.2.